The van der Waals surface area contributed by atoms with Crippen molar-refractivity contribution in [3.63, 3.8) is 0 Å². The van der Waals surface area contributed by atoms with Gasteiger partial charge >= 0.3 is 0 Å². The highest BCUT2D eigenvalue weighted by Gasteiger charge is 2.29. The molecular weight excluding hydrogens is 290 g/mol. The smallest absolute Gasteiger partial charge is 0.211 e. The van der Waals surface area contributed by atoms with Crippen molar-refractivity contribution in [2.24, 2.45) is 5.92 Å². The maximum atomic E-state index is 11.9. The molecule has 1 aliphatic rings. The first-order valence-corrected chi connectivity index (χ1v) is 8.94. The van der Waals surface area contributed by atoms with Crippen LogP contribution in [-0.2, 0) is 16.4 Å². The van der Waals surface area contributed by atoms with Gasteiger partial charge in [-0.1, -0.05) is 12.1 Å². The van der Waals surface area contributed by atoms with Gasteiger partial charge in [0.15, 0.2) is 0 Å². The summed E-state index contributed by atoms with van der Waals surface area (Å²) in [6, 6.07) is 7.37. The Morgan fingerprint density at radius 3 is 2.57 bits per heavy atom. The molecule has 0 spiro atoms. The highest BCUT2D eigenvalue weighted by molar-refractivity contribution is 7.89. The Balaban J connectivity index is 1.72. The molecule has 1 aliphatic carbocycles. The standard InChI is InChI=1S/C15H23NO4S/c1-20-14-6-2-12(3-7-14)9-11-21(18,19)16-10-8-15(17)13-4-5-13/h2-3,6-7,13,15-17H,4-5,8-11H2,1H3. The van der Waals surface area contributed by atoms with Gasteiger partial charge in [-0.05, 0) is 49.3 Å². The van der Waals surface area contributed by atoms with Crippen LogP contribution < -0.4 is 9.46 Å². The van der Waals surface area contributed by atoms with E-state index >= 15 is 0 Å². The van der Waals surface area contributed by atoms with Gasteiger partial charge in [-0.3, -0.25) is 0 Å². The van der Waals surface area contributed by atoms with Gasteiger partial charge in [-0.25, -0.2) is 13.1 Å². The Labute approximate surface area is 126 Å². The third-order valence-corrected chi connectivity index (χ3v) is 5.13. The van der Waals surface area contributed by atoms with Crippen molar-refractivity contribution in [3.8, 4) is 5.75 Å². The minimum atomic E-state index is -3.29. The normalized spacial score (nSPS) is 16.7. The molecule has 5 nitrogen and oxygen atoms in total. The number of aliphatic hydroxyl groups excluding tert-OH is 1. The Morgan fingerprint density at radius 2 is 2.00 bits per heavy atom. The van der Waals surface area contributed by atoms with E-state index < -0.39 is 10.0 Å². The van der Waals surface area contributed by atoms with E-state index in [0.29, 0.717) is 25.3 Å². The van der Waals surface area contributed by atoms with Gasteiger partial charge in [0.1, 0.15) is 5.75 Å². The topological polar surface area (TPSA) is 75.6 Å². The first-order chi connectivity index (χ1) is 10.00. The van der Waals surface area contributed by atoms with Crippen molar-refractivity contribution in [1.29, 1.82) is 0 Å². The van der Waals surface area contributed by atoms with Gasteiger partial charge in [0, 0.05) is 6.54 Å². The fraction of sp³-hybridized carbons (Fsp3) is 0.600. The number of benzene rings is 1. The third-order valence-electron chi connectivity index (χ3n) is 3.75. The van der Waals surface area contributed by atoms with Gasteiger partial charge < -0.3 is 9.84 Å². The van der Waals surface area contributed by atoms with E-state index in [0.717, 1.165) is 24.2 Å². The monoisotopic (exact) mass is 313 g/mol. The molecule has 2 rings (SSSR count). The minimum Gasteiger partial charge on any atom is -0.497 e. The van der Waals surface area contributed by atoms with Gasteiger partial charge in [0.05, 0.1) is 19.0 Å². The molecule has 0 aromatic heterocycles. The zero-order valence-electron chi connectivity index (χ0n) is 12.3. The fourth-order valence-corrected chi connectivity index (χ4v) is 3.27. The summed E-state index contributed by atoms with van der Waals surface area (Å²) in [5.74, 6) is 1.20. The molecule has 1 unspecified atom stereocenters. The zero-order valence-corrected chi connectivity index (χ0v) is 13.1. The van der Waals surface area contributed by atoms with Gasteiger partial charge in [-0.15, -0.1) is 0 Å². The summed E-state index contributed by atoms with van der Waals surface area (Å²) >= 11 is 0. The lowest BCUT2D eigenvalue weighted by molar-refractivity contribution is 0.143. The Bertz CT molecular complexity index is 537. The molecule has 0 bridgehead atoms. The van der Waals surface area contributed by atoms with Crippen molar-refractivity contribution in [1.82, 2.24) is 4.72 Å². The number of hydrogen-bond acceptors (Lipinski definition) is 4. The lowest BCUT2D eigenvalue weighted by Crippen LogP contribution is -2.30. The van der Waals surface area contributed by atoms with Crippen molar-refractivity contribution in [2.75, 3.05) is 19.4 Å². The van der Waals surface area contributed by atoms with E-state index in [1.165, 1.54) is 0 Å². The quantitative estimate of drug-likeness (QED) is 0.721. The van der Waals surface area contributed by atoms with Crippen LogP contribution in [0.25, 0.3) is 0 Å². The number of rotatable bonds is 9. The number of methoxy groups -OCH3 is 1. The molecule has 118 valence electrons. The molecule has 21 heavy (non-hydrogen) atoms. The number of ether oxygens (including phenoxy) is 1. The van der Waals surface area contributed by atoms with Crippen LogP contribution in [0.2, 0.25) is 0 Å². The molecule has 1 fully saturated rings. The summed E-state index contributed by atoms with van der Waals surface area (Å²) in [5, 5.41) is 9.70. The average Bonchev–Trinajstić information content (AvgIpc) is 3.30. The van der Waals surface area contributed by atoms with E-state index in [9.17, 15) is 13.5 Å². The molecule has 1 atom stereocenters. The van der Waals surface area contributed by atoms with Gasteiger partial charge in [0.2, 0.25) is 10.0 Å². The van der Waals surface area contributed by atoms with Crippen molar-refractivity contribution >= 4 is 10.0 Å². The lowest BCUT2D eigenvalue weighted by atomic mass is 10.2. The number of hydrogen-bond donors (Lipinski definition) is 2. The second-order valence-electron chi connectivity index (χ2n) is 5.50. The summed E-state index contributed by atoms with van der Waals surface area (Å²) in [4.78, 5) is 0. The molecule has 0 heterocycles. The summed E-state index contributed by atoms with van der Waals surface area (Å²) in [7, 11) is -1.69. The number of aliphatic hydroxyl groups is 1. The molecule has 1 aromatic carbocycles. The van der Waals surface area contributed by atoms with Gasteiger partial charge in [-0.2, -0.15) is 0 Å². The molecule has 1 saturated carbocycles. The van der Waals surface area contributed by atoms with Crippen LogP contribution in [0.3, 0.4) is 0 Å². The lowest BCUT2D eigenvalue weighted by Gasteiger charge is -2.10. The fourth-order valence-electron chi connectivity index (χ4n) is 2.20. The van der Waals surface area contributed by atoms with E-state index in [2.05, 4.69) is 4.72 Å². The SMILES string of the molecule is COc1ccc(CCS(=O)(=O)NCCC(O)C2CC2)cc1. The van der Waals surface area contributed by atoms with Crippen LogP contribution in [0.1, 0.15) is 24.8 Å². The highest BCUT2D eigenvalue weighted by Crippen LogP contribution is 2.33. The molecular formula is C15H23NO4S. The molecule has 0 radical (unpaired) electrons. The maximum absolute atomic E-state index is 11.9. The summed E-state index contributed by atoms with van der Waals surface area (Å²) in [6.07, 6.45) is 2.71. The summed E-state index contributed by atoms with van der Waals surface area (Å²) < 4.78 is 31.4. The van der Waals surface area contributed by atoms with Crippen LogP contribution in [0.15, 0.2) is 24.3 Å². The molecule has 6 heteroatoms. The number of nitrogens with one attached hydrogen (secondary N) is 1. The molecule has 0 amide bonds. The Kier molecular flexibility index (Phi) is 5.61. The van der Waals surface area contributed by atoms with Gasteiger partial charge in [0.25, 0.3) is 0 Å². The third kappa shape index (κ3) is 5.65. The van der Waals surface area contributed by atoms with E-state index in [1.807, 2.05) is 24.3 Å². The summed E-state index contributed by atoms with van der Waals surface area (Å²) in [5.41, 5.74) is 0.958. The van der Waals surface area contributed by atoms with Crippen molar-refractivity contribution < 1.29 is 18.3 Å². The Morgan fingerprint density at radius 1 is 1.33 bits per heavy atom. The first kappa shape index (κ1) is 16.3. The molecule has 0 aliphatic heterocycles. The number of sulfonamides is 1. The molecule has 0 saturated heterocycles. The van der Waals surface area contributed by atoms with Crippen LogP contribution in [0.4, 0.5) is 0 Å². The zero-order chi connectivity index (χ0) is 15.3. The molecule has 1 aromatic rings. The highest BCUT2D eigenvalue weighted by atomic mass is 32.2. The predicted molar refractivity (Wildman–Crippen MR) is 81.8 cm³/mol. The van der Waals surface area contributed by atoms with Crippen LogP contribution >= 0.6 is 0 Å². The molecule has 2 N–H and O–H groups in total. The van der Waals surface area contributed by atoms with Crippen molar-refractivity contribution in [2.45, 2.75) is 31.8 Å². The maximum Gasteiger partial charge on any atom is 0.211 e. The number of aryl methyl sites for hydroxylation is 1. The predicted octanol–water partition coefficient (Wildman–Crippen LogP) is 1.32. The van der Waals surface area contributed by atoms with E-state index in [1.54, 1.807) is 7.11 Å². The van der Waals surface area contributed by atoms with Crippen molar-refractivity contribution in [3.05, 3.63) is 29.8 Å². The largest absolute Gasteiger partial charge is 0.497 e. The summed E-state index contributed by atoms with van der Waals surface area (Å²) in [6.45, 7) is 0.308. The minimum absolute atomic E-state index is 0.0544. The van der Waals surface area contributed by atoms with Crippen LogP contribution in [0, 0.1) is 5.92 Å². The second-order valence-corrected chi connectivity index (χ2v) is 7.43. The van der Waals surface area contributed by atoms with E-state index in [-0.39, 0.29) is 11.9 Å². The second kappa shape index (κ2) is 7.24. The van der Waals surface area contributed by atoms with E-state index in [4.69, 9.17) is 4.74 Å². The van der Waals surface area contributed by atoms with Crippen LogP contribution in [0.5, 0.6) is 5.75 Å². The Hall–Kier alpha value is -1.11. The average molecular weight is 313 g/mol. The van der Waals surface area contributed by atoms with Crippen LogP contribution in [-0.4, -0.2) is 39.0 Å². The first-order valence-electron chi connectivity index (χ1n) is 7.28.